The highest BCUT2D eigenvalue weighted by atomic mass is 16.3. The highest BCUT2D eigenvalue weighted by Gasteiger charge is 2.22. The van der Waals surface area contributed by atoms with E-state index in [1.165, 1.54) is 43.8 Å². The maximum atomic E-state index is 7.01. The third-order valence-corrected chi connectivity index (χ3v) is 11.6. The summed E-state index contributed by atoms with van der Waals surface area (Å²) in [5.41, 5.74) is 12.2. The average Bonchev–Trinajstić information content (AvgIpc) is 3.87. The smallest absolute Gasteiger partial charge is 0.161 e. The first-order chi connectivity index (χ1) is 30.2. The van der Waals surface area contributed by atoms with Crippen molar-refractivity contribution in [1.29, 1.82) is 0 Å². The van der Waals surface area contributed by atoms with E-state index < -0.39 is 0 Å². The molecule has 0 amide bonds. The van der Waals surface area contributed by atoms with Crippen molar-refractivity contribution >= 4 is 72.9 Å². The average molecular weight is 783 g/mol. The van der Waals surface area contributed by atoms with Crippen molar-refractivity contribution in [2.45, 2.75) is 6.54 Å². The maximum Gasteiger partial charge on any atom is 0.161 e. The van der Waals surface area contributed by atoms with Gasteiger partial charge in [-0.05, 0) is 81.7 Å². The van der Waals surface area contributed by atoms with Gasteiger partial charge in [-0.1, -0.05) is 170 Å². The largest absolute Gasteiger partial charge is 0.454 e. The predicted molar refractivity (Wildman–Crippen MR) is 256 cm³/mol. The second-order valence-electron chi connectivity index (χ2n) is 15.2. The number of para-hydroxylation sites is 1. The summed E-state index contributed by atoms with van der Waals surface area (Å²) in [7, 11) is 0. The molecule has 2 heterocycles. The molecular weight excluding hydrogens is 745 g/mol. The van der Waals surface area contributed by atoms with Gasteiger partial charge in [0.25, 0.3) is 0 Å². The molecule has 5 heteroatoms. The highest BCUT2D eigenvalue weighted by molar-refractivity contribution is 6.25. The Kier molecular flexibility index (Phi) is 8.98. The fourth-order valence-corrected chi connectivity index (χ4v) is 8.73. The van der Waals surface area contributed by atoms with Gasteiger partial charge in [-0.2, -0.15) is 0 Å². The molecule has 2 aromatic heterocycles. The van der Waals surface area contributed by atoms with E-state index in [4.69, 9.17) is 14.4 Å². The van der Waals surface area contributed by atoms with E-state index in [2.05, 4.69) is 174 Å². The number of hydrogen-bond donors (Lipinski definition) is 0. The molecule has 0 fully saturated rings. The Balaban J connectivity index is 1.14. The van der Waals surface area contributed by atoms with Crippen LogP contribution in [0.4, 0.5) is 0 Å². The van der Waals surface area contributed by atoms with Crippen molar-refractivity contribution in [2.75, 3.05) is 0 Å². The van der Waals surface area contributed by atoms with Crippen molar-refractivity contribution in [3.05, 3.63) is 223 Å². The van der Waals surface area contributed by atoms with Gasteiger partial charge in [-0.25, -0.2) is 9.98 Å². The van der Waals surface area contributed by atoms with Crippen molar-refractivity contribution in [1.82, 2.24) is 4.57 Å². The number of nitrogens with zero attached hydrogens (tertiary/aromatic N) is 4. The highest BCUT2D eigenvalue weighted by Crippen LogP contribution is 2.44. The molecule has 0 radical (unpaired) electrons. The van der Waals surface area contributed by atoms with Gasteiger partial charge in [-0.3, -0.25) is 4.99 Å². The zero-order valence-electron chi connectivity index (χ0n) is 33.2. The SMILES string of the molecule is C=NC(=NC(=NCc1ccccc1)c1ccc2c(c1)oc1c(-n3c4ccc(-c5ccccc5)cc4c4c5ccccc5c(-c5ccccc5)cc43)cccc12)c1ccccc1. The standard InChI is InChI=1S/C56H38N4O/c1-57-55(40-23-12-5-13-24-40)59-56(58-36-37-17-6-2-7-18-37)42-29-31-44-46-27-16-28-50(54(46)61-52(44)34-42)60-49-32-30-41(38-19-8-3-9-20-38)33-48(49)53-45-26-15-14-25-43(45)47(35-51(53)60)39-21-10-4-11-22-39/h2-35H,1,36H2. The Morgan fingerprint density at radius 3 is 1.90 bits per heavy atom. The van der Waals surface area contributed by atoms with Crippen LogP contribution in [0, 0.1) is 0 Å². The fourth-order valence-electron chi connectivity index (χ4n) is 8.73. The number of aromatic nitrogens is 1. The molecule has 0 saturated carbocycles. The summed E-state index contributed by atoms with van der Waals surface area (Å²) in [6.07, 6.45) is 0. The van der Waals surface area contributed by atoms with Gasteiger partial charge < -0.3 is 8.98 Å². The number of furan rings is 1. The monoisotopic (exact) mass is 782 g/mol. The van der Waals surface area contributed by atoms with Crippen LogP contribution in [0.25, 0.3) is 82.5 Å². The van der Waals surface area contributed by atoms with Crippen LogP contribution >= 0.6 is 0 Å². The first kappa shape index (κ1) is 36.0. The number of benzene rings is 9. The fraction of sp³-hybridized carbons (Fsp3) is 0.0179. The third kappa shape index (κ3) is 6.40. The summed E-state index contributed by atoms with van der Waals surface area (Å²) in [6.45, 7) is 4.32. The molecular formula is C56H38N4O. The molecule has 11 rings (SSSR count). The van der Waals surface area contributed by atoms with E-state index in [0.717, 1.165) is 55.3 Å². The van der Waals surface area contributed by atoms with E-state index in [9.17, 15) is 0 Å². The van der Waals surface area contributed by atoms with Crippen molar-refractivity contribution < 1.29 is 4.42 Å². The van der Waals surface area contributed by atoms with Crippen LogP contribution in [0.3, 0.4) is 0 Å². The van der Waals surface area contributed by atoms with E-state index in [1.807, 2.05) is 48.5 Å². The first-order valence-electron chi connectivity index (χ1n) is 20.5. The summed E-state index contributed by atoms with van der Waals surface area (Å²) in [5, 5.41) is 6.86. The second-order valence-corrected chi connectivity index (χ2v) is 15.2. The lowest BCUT2D eigenvalue weighted by Crippen LogP contribution is -2.05. The number of aliphatic imine (C=N–C) groups is 3. The summed E-state index contributed by atoms with van der Waals surface area (Å²) in [4.78, 5) is 14.4. The van der Waals surface area contributed by atoms with Gasteiger partial charge in [0.2, 0.25) is 0 Å². The number of fused-ring (bicyclic) bond motifs is 8. The van der Waals surface area contributed by atoms with Gasteiger partial charge in [-0.15, -0.1) is 0 Å². The predicted octanol–water partition coefficient (Wildman–Crippen LogP) is 14.3. The van der Waals surface area contributed by atoms with Gasteiger partial charge in [0.15, 0.2) is 17.3 Å². The van der Waals surface area contributed by atoms with E-state index in [0.29, 0.717) is 18.2 Å². The molecule has 0 N–H and O–H groups in total. The summed E-state index contributed by atoms with van der Waals surface area (Å²) in [6, 6.07) is 72.1. The Labute approximate surface area is 352 Å². The van der Waals surface area contributed by atoms with Gasteiger partial charge >= 0.3 is 0 Å². The number of amidine groups is 2. The van der Waals surface area contributed by atoms with Crippen LogP contribution in [0.1, 0.15) is 16.7 Å². The van der Waals surface area contributed by atoms with E-state index >= 15 is 0 Å². The molecule has 0 aliphatic heterocycles. The number of hydrogen-bond acceptors (Lipinski definition) is 2. The zero-order valence-corrected chi connectivity index (χ0v) is 33.2. The van der Waals surface area contributed by atoms with Crippen molar-refractivity contribution in [3.8, 4) is 27.9 Å². The minimum absolute atomic E-state index is 0.459. The minimum atomic E-state index is 0.459. The van der Waals surface area contributed by atoms with E-state index in [-0.39, 0.29) is 0 Å². The third-order valence-electron chi connectivity index (χ3n) is 11.6. The second kappa shape index (κ2) is 15.2. The van der Waals surface area contributed by atoms with Crippen LogP contribution < -0.4 is 0 Å². The molecule has 0 unspecified atom stereocenters. The topological polar surface area (TPSA) is 55.1 Å². The Morgan fingerprint density at radius 2 is 1.15 bits per heavy atom. The molecule has 11 aromatic rings. The number of rotatable bonds is 7. The van der Waals surface area contributed by atoms with E-state index in [1.54, 1.807) is 0 Å². The van der Waals surface area contributed by atoms with Crippen molar-refractivity contribution in [2.24, 2.45) is 15.0 Å². The maximum absolute atomic E-state index is 7.01. The Hall–Kier alpha value is -8.15. The van der Waals surface area contributed by atoms with Crippen LogP contribution in [0.2, 0.25) is 0 Å². The summed E-state index contributed by atoms with van der Waals surface area (Å²) in [5.74, 6) is 1.05. The first-order valence-corrected chi connectivity index (χ1v) is 20.5. The molecule has 0 aliphatic rings. The molecule has 5 nitrogen and oxygen atoms in total. The Morgan fingerprint density at radius 1 is 0.475 bits per heavy atom. The minimum Gasteiger partial charge on any atom is -0.454 e. The van der Waals surface area contributed by atoms with Gasteiger partial charge in [0.1, 0.15) is 5.58 Å². The summed E-state index contributed by atoms with van der Waals surface area (Å²) < 4.78 is 9.40. The van der Waals surface area contributed by atoms with Crippen LogP contribution in [0.15, 0.2) is 226 Å². The van der Waals surface area contributed by atoms with Crippen molar-refractivity contribution in [3.63, 3.8) is 0 Å². The lowest BCUT2D eigenvalue weighted by Gasteiger charge is -2.12. The zero-order chi connectivity index (χ0) is 40.7. The van der Waals surface area contributed by atoms with Crippen LogP contribution in [0.5, 0.6) is 0 Å². The molecule has 0 aliphatic carbocycles. The lowest BCUT2D eigenvalue weighted by atomic mass is 9.94. The quantitative estimate of drug-likeness (QED) is 0.117. The van der Waals surface area contributed by atoms with Crippen LogP contribution in [-0.4, -0.2) is 23.0 Å². The molecule has 0 spiro atoms. The summed E-state index contributed by atoms with van der Waals surface area (Å²) >= 11 is 0. The Bertz CT molecular complexity index is 3490. The van der Waals surface area contributed by atoms with Gasteiger partial charge in [0.05, 0.1) is 23.3 Å². The molecule has 61 heavy (non-hydrogen) atoms. The normalized spacial score (nSPS) is 12.3. The molecule has 288 valence electrons. The molecule has 0 atom stereocenters. The lowest BCUT2D eigenvalue weighted by molar-refractivity contribution is 0.666. The molecule has 0 bridgehead atoms. The molecule has 9 aromatic carbocycles. The van der Waals surface area contributed by atoms with Crippen LogP contribution in [-0.2, 0) is 6.54 Å². The van der Waals surface area contributed by atoms with Gasteiger partial charge in [0, 0.05) is 32.7 Å². The molecule has 0 saturated heterocycles.